The molecule has 3 rings (SSSR count). The van der Waals surface area contributed by atoms with Gasteiger partial charge in [-0.1, -0.05) is 42.1 Å². The first-order chi connectivity index (χ1) is 12.7. The molecule has 0 saturated carbocycles. The molecule has 0 aliphatic heterocycles. The zero-order valence-electron chi connectivity index (χ0n) is 14.4. The maximum Gasteiger partial charge on any atom is 0.256 e. The summed E-state index contributed by atoms with van der Waals surface area (Å²) in [5.41, 5.74) is 1.55. The molecule has 2 aromatic carbocycles. The summed E-state index contributed by atoms with van der Waals surface area (Å²) in [5, 5.41) is 3.26. The molecule has 1 aromatic heterocycles. The highest BCUT2D eigenvalue weighted by atomic mass is 32.2. The van der Waals surface area contributed by atoms with Crippen LogP contribution in [0.25, 0.3) is 11.3 Å². The van der Waals surface area contributed by atoms with Crippen LogP contribution in [0.3, 0.4) is 0 Å². The number of oxazole rings is 1. The molecule has 0 spiro atoms. The lowest BCUT2D eigenvalue weighted by atomic mass is 10.2. The third kappa shape index (κ3) is 4.58. The summed E-state index contributed by atoms with van der Waals surface area (Å²) in [7, 11) is 3.12. The van der Waals surface area contributed by atoms with Crippen molar-refractivity contribution in [2.24, 2.45) is 0 Å². The lowest BCUT2D eigenvalue weighted by Crippen LogP contribution is -2.14. The first kappa shape index (κ1) is 17.9. The number of nitrogens with one attached hydrogen (secondary N) is 1. The Hall–Kier alpha value is -2.93. The lowest BCUT2D eigenvalue weighted by molar-refractivity contribution is -0.113. The van der Waals surface area contributed by atoms with Crippen molar-refractivity contribution in [3.63, 3.8) is 0 Å². The molecule has 0 radical (unpaired) electrons. The number of thioether (sulfide) groups is 1. The van der Waals surface area contributed by atoms with E-state index in [4.69, 9.17) is 13.9 Å². The number of rotatable bonds is 7. The van der Waals surface area contributed by atoms with Gasteiger partial charge in [0.25, 0.3) is 5.22 Å². The molecule has 7 heteroatoms. The summed E-state index contributed by atoms with van der Waals surface area (Å²) in [6.45, 7) is 0. The largest absolute Gasteiger partial charge is 0.497 e. The number of anilines is 1. The van der Waals surface area contributed by atoms with Crippen molar-refractivity contribution >= 4 is 23.4 Å². The highest BCUT2D eigenvalue weighted by Gasteiger charge is 2.11. The van der Waals surface area contributed by atoms with Crippen LogP contribution >= 0.6 is 11.8 Å². The van der Waals surface area contributed by atoms with Gasteiger partial charge in [-0.15, -0.1) is 0 Å². The van der Waals surface area contributed by atoms with E-state index in [9.17, 15) is 4.79 Å². The summed E-state index contributed by atoms with van der Waals surface area (Å²) in [6, 6.07) is 14.9. The molecule has 0 aliphatic rings. The first-order valence-electron chi connectivity index (χ1n) is 7.85. The SMILES string of the molecule is COc1cc(NC(=O)CSc2ncc(-c3ccccc3)o2)cc(OC)c1. The predicted molar refractivity (Wildman–Crippen MR) is 101 cm³/mol. The first-order valence-corrected chi connectivity index (χ1v) is 8.83. The van der Waals surface area contributed by atoms with Gasteiger partial charge < -0.3 is 19.2 Å². The summed E-state index contributed by atoms with van der Waals surface area (Å²) >= 11 is 1.23. The molecule has 1 N–H and O–H groups in total. The average molecular weight is 370 g/mol. The number of aromatic nitrogens is 1. The van der Waals surface area contributed by atoms with Crippen LogP contribution in [0, 0.1) is 0 Å². The van der Waals surface area contributed by atoms with Gasteiger partial charge in [-0.25, -0.2) is 4.98 Å². The standard InChI is InChI=1S/C19H18N2O4S/c1-23-15-8-14(9-16(10-15)24-2)21-18(22)12-26-19-20-11-17(25-19)13-6-4-3-5-7-13/h3-11H,12H2,1-2H3,(H,21,22). The zero-order chi connectivity index (χ0) is 18.4. The van der Waals surface area contributed by atoms with E-state index in [-0.39, 0.29) is 11.7 Å². The maximum atomic E-state index is 12.2. The molecule has 0 bridgehead atoms. The summed E-state index contributed by atoms with van der Waals surface area (Å²) in [5.74, 6) is 1.88. The van der Waals surface area contributed by atoms with Crippen LogP contribution in [0.4, 0.5) is 5.69 Å². The monoisotopic (exact) mass is 370 g/mol. The van der Waals surface area contributed by atoms with E-state index in [0.29, 0.717) is 28.2 Å². The third-order valence-corrected chi connectivity index (χ3v) is 4.35. The Morgan fingerprint density at radius 3 is 2.46 bits per heavy atom. The second-order valence-corrected chi connectivity index (χ2v) is 6.22. The summed E-state index contributed by atoms with van der Waals surface area (Å²) in [6.07, 6.45) is 1.66. The number of hydrogen-bond acceptors (Lipinski definition) is 6. The van der Waals surface area contributed by atoms with Crippen LogP contribution in [-0.2, 0) is 4.79 Å². The number of carbonyl (C=O) groups excluding carboxylic acids is 1. The van der Waals surface area contributed by atoms with Crippen molar-refractivity contribution in [1.29, 1.82) is 0 Å². The third-order valence-electron chi connectivity index (χ3n) is 3.50. The quantitative estimate of drug-likeness (QED) is 0.632. The molecule has 1 amide bonds. The number of hydrogen-bond donors (Lipinski definition) is 1. The van der Waals surface area contributed by atoms with Gasteiger partial charge in [0.15, 0.2) is 5.76 Å². The highest BCUT2D eigenvalue weighted by molar-refractivity contribution is 7.99. The van der Waals surface area contributed by atoms with Crippen molar-refractivity contribution in [2.75, 3.05) is 25.3 Å². The normalized spacial score (nSPS) is 10.4. The Morgan fingerprint density at radius 1 is 1.12 bits per heavy atom. The lowest BCUT2D eigenvalue weighted by Gasteiger charge is -2.09. The number of methoxy groups -OCH3 is 2. The van der Waals surface area contributed by atoms with Crippen LogP contribution in [-0.4, -0.2) is 30.9 Å². The summed E-state index contributed by atoms with van der Waals surface area (Å²) in [4.78, 5) is 16.4. The summed E-state index contributed by atoms with van der Waals surface area (Å²) < 4.78 is 16.1. The van der Waals surface area contributed by atoms with Crippen LogP contribution in [0.15, 0.2) is 64.4 Å². The van der Waals surface area contributed by atoms with Gasteiger partial charge in [0.2, 0.25) is 5.91 Å². The Morgan fingerprint density at radius 2 is 1.81 bits per heavy atom. The average Bonchev–Trinajstić information content (AvgIpc) is 3.16. The van der Waals surface area contributed by atoms with Gasteiger partial charge >= 0.3 is 0 Å². The molecule has 134 valence electrons. The van der Waals surface area contributed by atoms with E-state index in [1.165, 1.54) is 11.8 Å². The van der Waals surface area contributed by atoms with E-state index in [2.05, 4.69) is 10.3 Å². The van der Waals surface area contributed by atoms with E-state index < -0.39 is 0 Å². The molecule has 6 nitrogen and oxygen atoms in total. The highest BCUT2D eigenvalue weighted by Crippen LogP contribution is 2.27. The van der Waals surface area contributed by atoms with Crippen molar-refractivity contribution in [3.05, 3.63) is 54.7 Å². The topological polar surface area (TPSA) is 73.6 Å². The van der Waals surface area contributed by atoms with E-state index >= 15 is 0 Å². The Kier molecular flexibility index (Phi) is 5.80. The van der Waals surface area contributed by atoms with E-state index in [1.807, 2.05) is 30.3 Å². The zero-order valence-corrected chi connectivity index (χ0v) is 15.2. The Bertz CT molecular complexity index is 858. The minimum absolute atomic E-state index is 0.175. The number of nitrogens with zero attached hydrogens (tertiary/aromatic N) is 1. The number of carbonyl (C=O) groups is 1. The van der Waals surface area contributed by atoms with E-state index in [1.54, 1.807) is 38.6 Å². The Labute approximate surface area is 155 Å². The predicted octanol–water partition coefficient (Wildman–Crippen LogP) is 4.09. The van der Waals surface area contributed by atoms with Crippen molar-refractivity contribution < 1.29 is 18.7 Å². The fourth-order valence-electron chi connectivity index (χ4n) is 2.26. The fourth-order valence-corrected chi connectivity index (χ4v) is 2.87. The minimum Gasteiger partial charge on any atom is -0.497 e. The molecular weight excluding hydrogens is 352 g/mol. The van der Waals surface area contributed by atoms with Gasteiger partial charge in [-0.05, 0) is 0 Å². The molecule has 1 heterocycles. The van der Waals surface area contributed by atoms with Gasteiger partial charge in [0.1, 0.15) is 11.5 Å². The second kappa shape index (κ2) is 8.44. The second-order valence-electron chi connectivity index (χ2n) is 5.29. The fraction of sp³-hybridized carbons (Fsp3) is 0.158. The van der Waals surface area contributed by atoms with Crippen molar-refractivity contribution in [3.8, 4) is 22.8 Å². The molecule has 0 saturated heterocycles. The molecule has 0 fully saturated rings. The van der Waals surface area contributed by atoms with Gasteiger partial charge in [-0.3, -0.25) is 4.79 Å². The molecule has 0 aliphatic carbocycles. The van der Waals surface area contributed by atoms with Crippen molar-refractivity contribution in [2.45, 2.75) is 5.22 Å². The molecule has 0 unspecified atom stereocenters. The molecule has 3 aromatic rings. The number of benzene rings is 2. The van der Waals surface area contributed by atoms with Crippen LogP contribution < -0.4 is 14.8 Å². The van der Waals surface area contributed by atoms with Crippen molar-refractivity contribution in [1.82, 2.24) is 4.98 Å². The number of amides is 1. The molecule has 0 atom stereocenters. The number of ether oxygens (including phenoxy) is 2. The van der Waals surface area contributed by atoms with Gasteiger partial charge in [-0.2, -0.15) is 0 Å². The minimum atomic E-state index is -0.176. The Balaban J connectivity index is 1.59. The maximum absolute atomic E-state index is 12.2. The van der Waals surface area contributed by atoms with E-state index in [0.717, 1.165) is 5.56 Å². The molecule has 26 heavy (non-hydrogen) atoms. The van der Waals surface area contributed by atoms with Crippen LogP contribution in [0.2, 0.25) is 0 Å². The van der Waals surface area contributed by atoms with Crippen LogP contribution in [0.1, 0.15) is 0 Å². The van der Waals surface area contributed by atoms with Gasteiger partial charge in [0, 0.05) is 29.4 Å². The van der Waals surface area contributed by atoms with Crippen LogP contribution in [0.5, 0.6) is 11.5 Å². The smallest absolute Gasteiger partial charge is 0.256 e. The molecular formula is C19H18N2O4S. The van der Waals surface area contributed by atoms with Gasteiger partial charge in [0.05, 0.1) is 26.2 Å².